The van der Waals surface area contributed by atoms with Gasteiger partial charge < -0.3 is 15.5 Å². The van der Waals surface area contributed by atoms with Crippen LogP contribution in [0.5, 0.6) is 0 Å². The van der Waals surface area contributed by atoms with Crippen LogP contribution in [0.1, 0.15) is 41.8 Å². The minimum atomic E-state index is -0.629. The zero-order chi connectivity index (χ0) is 18.8. The third-order valence-electron chi connectivity index (χ3n) is 5.57. The summed E-state index contributed by atoms with van der Waals surface area (Å²) in [6.45, 7) is 0.534. The molecule has 0 saturated heterocycles. The summed E-state index contributed by atoms with van der Waals surface area (Å²) in [7, 11) is 0. The number of carbonyl (C=O) groups is 2. The zero-order valence-electron chi connectivity index (χ0n) is 15.3. The predicted octanol–water partition coefficient (Wildman–Crippen LogP) is 3.44. The molecule has 1 aliphatic heterocycles. The largest absolute Gasteiger partial charge is 0.365 e. The van der Waals surface area contributed by atoms with Gasteiger partial charge in [-0.25, -0.2) is 0 Å². The molecule has 2 heterocycles. The number of benzene rings is 1. The molecule has 27 heavy (non-hydrogen) atoms. The van der Waals surface area contributed by atoms with Crippen molar-refractivity contribution < 1.29 is 9.59 Å². The van der Waals surface area contributed by atoms with Crippen LogP contribution < -0.4 is 15.5 Å². The van der Waals surface area contributed by atoms with Crippen molar-refractivity contribution in [3.63, 3.8) is 0 Å². The third-order valence-corrected chi connectivity index (χ3v) is 6.48. The summed E-state index contributed by atoms with van der Waals surface area (Å²) in [6, 6.07) is 11.3. The van der Waals surface area contributed by atoms with E-state index in [9.17, 15) is 9.59 Å². The Kier molecular flexibility index (Phi) is 5.27. The monoisotopic (exact) mass is 383 g/mol. The Morgan fingerprint density at radius 3 is 2.52 bits per heavy atom. The maximum Gasteiger partial charge on any atom is 0.246 e. The van der Waals surface area contributed by atoms with E-state index in [-0.39, 0.29) is 18.2 Å². The maximum absolute atomic E-state index is 13.1. The van der Waals surface area contributed by atoms with Crippen molar-refractivity contribution >= 4 is 34.4 Å². The summed E-state index contributed by atoms with van der Waals surface area (Å²) in [5.41, 5.74) is 8.11. The molecule has 1 fully saturated rings. The summed E-state index contributed by atoms with van der Waals surface area (Å²) < 4.78 is 0. The number of amides is 1. The standard InChI is InChI=1S/C21H25N3O2S/c22-16-13-23(15-7-2-1-3-8-15)17-9-4-5-10-18(17)24(21(16)26)14-19(25)20-11-6-12-27-20/h4-6,9-12,15-16H,1-3,7-8,13-14,22H2. The second kappa shape index (κ2) is 7.82. The number of thiophene rings is 1. The van der Waals surface area contributed by atoms with Crippen molar-refractivity contribution in [2.24, 2.45) is 5.73 Å². The lowest BCUT2D eigenvalue weighted by Crippen LogP contribution is -2.50. The summed E-state index contributed by atoms with van der Waals surface area (Å²) >= 11 is 1.40. The Morgan fingerprint density at radius 1 is 1.07 bits per heavy atom. The molecule has 1 unspecified atom stereocenters. The van der Waals surface area contributed by atoms with E-state index in [1.165, 1.54) is 30.6 Å². The van der Waals surface area contributed by atoms with Gasteiger partial charge in [0.1, 0.15) is 6.04 Å². The molecule has 4 rings (SSSR count). The molecule has 6 heteroatoms. The van der Waals surface area contributed by atoms with Gasteiger partial charge in [-0.3, -0.25) is 9.59 Å². The Balaban J connectivity index is 1.69. The summed E-state index contributed by atoms with van der Waals surface area (Å²) in [6.07, 6.45) is 5.96. The van der Waals surface area contributed by atoms with Crippen molar-refractivity contribution in [1.29, 1.82) is 0 Å². The minimum Gasteiger partial charge on any atom is -0.365 e. The van der Waals surface area contributed by atoms with Crippen molar-refractivity contribution in [2.45, 2.75) is 44.2 Å². The van der Waals surface area contributed by atoms with E-state index < -0.39 is 6.04 Å². The molecule has 2 N–H and O–H groups in total. The van der Waals surface area contributed by atoms with Crippen molar-refractivity contribution in [3.8, 4) is 0 Å². The van der Waals surface area contributed by atoms with Gasteiger partial charge in [-0.15, -0.1) is 11.3 Å². The highest BCUT2D eigenvalue weighted by Gasteiger charge is 2.35. The van der Waals surface area contributed by atoms with E-state index in [4.69, 9.17) is 5.73 Å². The topological polar surface area (TPSA) is 66.6 Å². The highest BCUT2D eigenvalue weighted by atomic mass is 32.1. The highest BCUT2D eigenvalue weighted by molar-refractivity contribution is 7.12. The number of nitrogens with zero attached hydrogens (tertiary/aromatic N) is 2. The van der Waals surface area contributed by atoms with E-state index in [0.29, 0.717) is 17.5 Å². The van der Waals surface area contributed by atoms with E-state index in [2.05, 4.69) is 11.0 Å². The van der Waals surface area contributed by atoms with Gasteiger partial charge in [0.25, 0.3) is 0 Å². The lowest BCUT2D eigenvalue weighted by Gasteiger charge is -2.36. The van der Waals surface area contributed by atoms with Gasteiger partial charge in [-0.2, -0.15) is 0 Å². The number of para-hydroxylation sites is 2. The molecule has 1 amide bonds. The van der Waals surface area contributed by atoms with Crippen LogP contribution in [-0.2, 0) is 4.79 Å². The second-order valence-corrected chi connectivity index (χ2v) is 8.31. The average molecular weight is 384 g/mol. The molecule has 0 radical (unpaired) electrons. The number of anilines is 2. The van der Waals surface area contributed by atoms with Gasteiger partial charge in [0.2, 0.25) is 5.91 Å². The quantitative estimate of drug-likeness (QED) is 0.822. The smallest absolute Gasteiger partial charge is 0.246 e. The fourth-order valence-electron chi connectivity index (χ4n) is 4.20. The fourth-order valence-corrected chi connectivity index (χ4v) is 4.86. The van der Waals surface area contributed by atoms with Crippen molar-refractivity contribution in [1.82, 2.24) is 0 Å². The summed E-state index contributed by atoms with van der Waals surface area (Å²) in [4.78, 5) is 30.3. The fraction of sp³-hybridized carbons (Fsp3) is 0.429. The Bertz CT molecular complexity index is 815. The van der Waals surface area contributed by atoms with Crippen LogP contribution in [0.3, 0.4) is 0 Å². The van der Waals surface area contributed by atoms with Crippen LogP contribution in [0.25, 0.3) is 0 Å². The molecular formula is C21H25N3O2S. The summed E-state index contributed by atoms with van der Waals surface area (Å²) in [5, 5.41) is 1.88. The van der Waals surface area contributed by atoms with Crippen molar-refractivity contribution in [3.05, 3.63) is 46.7 Å². The number of carbonyl (C=O) groups excluding carboxylic acids is 2. The van der Waals surface area contributed by atoms with Crippen LogP contribution >= 0.6 is 11.3 Å². The van der Waals surface area contributed by atoms with Gasteiger partial charge in [-0.1, -0.05) is 37.5 Å². The molecule has 0 spiro atoms. The number of ketones is 1. The van der Waals surface area contributed by atoms with Crippen LogP contribution in [-0.4, -0.2) is 36.9 Å². The van der Waals surface area contributed by atoms with E-state index in [1.807, 2.05) is 29.6 Å². The molecule has 142 valence electrons. The first-order chi connectivity index (χ1) is 13.1. The molecule has 5 nitrogen and oxygen atoms in total. The molecule has 1 aromatic carbocycles. The molecular weight excluding hydrogens is 358 g/mol. The molecule has 1 atom stereocenters. The third kappa shape index (κ3) is 3.64. The highest BCUT2D eigenvalue weighted by Crippen LogP contribution is 2.37. The number of hydrogen-bond acceptors (Lipinski definition) is 5. The van der Waals surface area contributed by atoms with Gasteiger partial charge in [0.15, 0.2) is 5.78 Å². The second-order valence-electron chi connectivity index (χ2n) is 7.36. The van der Waals surface area contributed by atoms with Gasteiger partial charge >= 0.3 is 0 Å². The van der Waals surface area contributed by atoms with Crippen LogP contribution in [0.15, 0.2) is 41.8 Å². The zero-order valence-corrected chi connectivity index (χ0v) is 16.2. The van der Waals surface area contributed by atoms with Gasteiger partial charge in [-0.05, 0) is 36.4 Å². The Labute approximate surface area is 163 Å². The predicted molar refractivity (Wildman–Crippen MR) is 110 cm³/mol. The van der Waals surface area contributed by atoms with Crippen LogP contribution in [0, 0.1) is 0 Å². The first kappa shape index (κ1) is 18.2. The minimum absolute atomic E-state index is 0.0303. The number of hydrogen-bond donors (Lipinski definition) is 1. The lowest BCUT2D eigenvalue weighted by atomic mass is 9.93. The van der Waals surface area contributed by atoms with Crippen molar-refractivity contribution in [2.75, 3.05) is 22.9 Å². The van der Waals surface area contributed by atoms with Crippen LogP contribution in [0.2, 0.25) is 0 Å². The first-order valence-corrected chi connectivity index (χ1v) is 10.5. The normalized spacial score (nSPS) is 21.1. The molecule has 2 aromatic rings. The number of fused-ring (bicyclic) bond motifs is 1. The number of Topliss-reactive ketones (excluding diaryl/α,β-unsaturated/α-hetero) is 1. The Morgan fingerprint density at radius 2 is 1.81 bits per heavy atom. The SMILES string of the molecule is NC1CN(C2CCCCC2)c2ccccc2N(CC(=O)c2cccs2)C1=O. The molecule has 1 aromatic heterocycles. The lowest BCUT2D eigenvalue weighted by molar-refractivity contribution is -0.119. The number of nitrogens with two attached hydrogens (primary N) is 1. The first-order valence-electron chi connectivity index (χ1n) is 9.64. The van der Waals surface area contributed by atoms with Gasteiger partial charge in [0, 0.05) is 12.6 Å². The van der Waals surface area contributed by atoms with E-state index >= 15 is 0 Å². The van der Waals surface area contributed by atoms with Crippen LogP contribution in [0.4, 0.5) is 11.4 Å². The molecule has 0 bridgehead atoms. The average Bonchev–Trinajstić information content (AvgIpc) is 3.22. The maximum atomic E-state index is 13.1. The van der Waals surface area contributed by atoms with E-state index in [0.717, 1.165) is 24.2 Å². The summed E-state index contributed by atoms with van der Waals surface area (Å²) in [5.74, 6) is -0.225. The van der Waals surface area contributed by atoms with E-state index in [1.54, 1.807) is 11.0 Å². The molecule has 1 saturated carbocycles. The molecule has 1 aliphatic carbocycles. The molecule has 2 aliphatic rings. The number of rotatable bonds is 4. The van der Waals surface area contributed by atoms with Gasteiger partial charge in [0.05, 0.1) is 22.8 Å². The Hall–Kier alpha value is -2.18.